The van der Waals surface area contributed by atoms with Gasteiger partial charge in [0.1, 0.15) is 12.1 Å². The second-order valence-corrected chi connectivity index (χ2v) is 11.1. The molecule has 0 saturated heterocycles. The van der Waals surface area contributed by atoms with E-state index >= 15 is 0 Å². The second-order valence-electron chi connectivity index (χ2n) is 9.25. The van der Waals surface area contributed by atoms with Gasteiger partial charge in [-0.15, -0.1) is 11.8 Å². The van der Waals surface area contributed by atoms with E-state index in [0.29, 0.717) is 40.8 Å². The third kappa shape index (κ3) is 4.62. The number of rotatable bonds is 6. The third-order valence-electron chi connectivity index (χ3n) is 7.05. The molecule has 2 aromatic rings. The van der Waals surface area contributed by atoms with Crippen molar-refractivity contribution in [2.45, 2.75) is 49.7 Å². The minimum Gasteiger partial charge on any atom is -0.396 e. The van der Waals surface area contributed by atoms with E-state index < -0.39 is 6.10 Å². The van der Waals surface area contributed by atoms with Crippen molar-refractivity contribution in [3.05, 3.63) is 63.4 Å². The highest BCUT2D eigenvalue weighted by atomic mass is 35.5. The van der Waals surface area contributed by atoms with Crippen molar-refractivity contribution in [2.24, 2.45) is 11.8 Å². The molecular formula is C25H28ClN3O4S. The first-order chi connectivity index (χ1) is 16.4. The lowest BCUT2D eigenvalue weighted by molar-refractivity contribution is 0.0154. The molecule has 1 aliphatic carbocycles. The SMILES string of the molecule is CC1SC(C(=O)c2cncnc2N[C@@H]2C[C@H](CO)[C@@H](O)C2)=CC1[C@@H]1OCCc2ccc(Cl)cc21. The fraction of sp³-hybridized carbons (Fsp3) is 0.480. The summed E-state index contributed by atoms with van der Waals surface area (Å²) in [6.45, 7) is 2.70. The van der Waals surface area contributed by atoms with Crippen LogP contribution in [0.1, 0.15) is 47.4 Å². The number of nitrogens with zero attached hydrogens (tertiary/aromatic N) is 2. The number of thioether (sulfide) groups is 1. The fourth-order valence-corrected chi connectivity index (χ4v) is 6.62. The number of aromatic nitrogens is 2. The molecule has 3 aliphatic rings. The van der Waals surface area contributed by atoms with Gasteiger partial charge >= 0.3 is 0 Å². The summed E-state index contributed by atoms with van der Waals surface area (Å²) in [5.41, 5.74) is 2.75. The molecule has 1 fully saturated rings. The number of hydrogen-bond donors (Lipinski definition) is 3. The van der Waals surface area contributed by atoms with E-state index in [1.54, 1.807) is 11.8 Å². The predicted molar refractivity (Wildman–Crippen MR) is 132 cm³/mol. The van der Waals surface area contributed by atoms with Crippen molar-refractivity contribution in [3.8, 4) is 0 Å². The average molecular weight is 502 g/mol. The summed E-state index contributed by atoms with van der Waals surface area (Å²) < 4.78 is 6.18. The Labute approximate surface area is 208 Å². The Hall–Kier alpha value is -1.97. The molecule has 1 aromatic carbocycles. The number of halogens is 1. The van der Waals surface area contributed by atoms with Crippen LogP contribution in [0.25, 0.3) is 0 Å². The lowest BCUT2D eigenvalue weighted by Gasteiger charge is -2.31. The van der Waals surface area contributed by atoms with Crippen molar-refractivity contribution in [3.63, 3.8) is 0 Å². The number of benzene rings is 1. The van der Waals surface area contributed by atoms with E-state index in [0.717, 1.165) is 12.0 Å². The van der Waals surface area contributed by atoms with E-state index in [-0.39, 0.29) is 41.6 Å². The van der Waals surface area contributed by atoms with Crippen molar-refractivity contribution < 1.29 is 19.7 Å². The molecule has 0 radical (unpaired) electrons. The maximum Gasteiger partial charge on any atom is 0.204 e. The molecule has 0 bridgehead atoms. The monoisotopic (exact) mass is 501 g/mol. The number of hydrogen-bond acceptors (Lipinski definition) is 8. The molecule has 3 N–H and O–H groups in total. The molecule has 5 rings (SSSR count). The van der Waals surface area contributed by atoms with Crippen LogP contribution in [0.2, 0.25) is 5.02 Å². The summed E-state index contributed by atoms with van der Waals surface area (Å²) in [6.07, 6.45) is 6.24. The number of aliphatic hydroxyl groups excluding tert-OH is 2. The van der Waals surface area contributed by atoms with Crippen molar-refractivity contribution >= 4 is 35.0 Å². The molecule has 1 aromatic heterocycles. The van der Waals surface area contributed by atoms with Crippen LogP contribution in [0.5, 0.6) is 0 Å². The van der Waals surface area contributed by atoms with Gasteiger partial charge in [-0.25, -0.2) is 9.97 Å². The largest absolute Gasteiger partial charge is 0.396 e. The summed E-state index contributed by atoms with van der Waals surface area (Å²) >= 11 is 7.83. The molecule has 7 nitrogen and oxygen atoms in total. The molecular weight excluding hydrogens is 474 g/mol. The van der Waals surface area contributed by atoms with Crippen LogP contribution >= 0.6 is 23.4 Å². The smallest absolute Gasteiger partial charge is 0.204 e. The average Bonchev–Trinajstić information content (AvgIpc) is 3.40. The van der Waals surface area contributed by atoms with E-state index in [4.69, 9.17) is 16.3 Å². The van der Waals surface area contributed by atoms with Gasteiger partial charge in [0.2, 0.25) is 5.78 Å². The van der Waals surface area contributed by atoms with Crippen molar-refractivity contribution in [2.75, 3.05) is 18.5 Å². The van der Waals surface area contributed by atoms with Gasteiger partial charge in [-0.05, 0) is 42.5 Å². The van der Waals surface area contributed by atoms with Gasteiger partial charge in [-0.1, -0.05) is 30.7 Å². The molecule has 3 heterocycles. The van der Waals surface area contributed by atoms with Crippen LogP contribution < -0.4 is 5.32 Å². The number of nitrogens with one attached hydrogen (secondary N) is 1. The third-order valence-corrected chi connectivity index (χ3v) is 8.54. The summed E-state index contributed by atoms with van der Waals surface area (Å²) in [5, 5.41) is 23.7. The topological polar surface area (TPSA) is 105 Å². The number of anilines is 1. The molecule has 0 spiro atoms. The molecule has 1 saturated carbocycles. The van der Waals surface area contributed by atoms with Crippen LogP contribution in [0.3, 0.4) is 0 Å². The quantitative estimate of drug-likeness (QED) is 0.513. The van der Waals surface area contributed by atoms with Gasteiger partial charge in [-0.3, -0.25) is 4.79 Å². The maximum atomic E-state index is 13.5. The number of Topliss-reactive ketones (excluding diaryl/α,β-unsaturated/α-hetero) is 1. The van der Waals surface area contributed by atoms with Gasteiger partial charge in [0.15, 0.2) is 0 Å². The molecule has 180 valence electrons. The molecule has 2 aliphatic heterocycles. The Morgan fingerprint density at radius 2 is 2.21 bits per heavy atom. The number of ketones is 1. The lowest BCUT2D eigenvalue weighted by atomic mass is 9.87. The van der Waals surface area contributed by atoms with Gasteiger partial charge in [-0.2, -0.15) is 0 Å². The van der Waals surface area contributed by atoms with E-state index in [2.05, 4.69) is 28.3 Å². The molecule has 6 atom stereocenters. The van der Waals surface area contributed by atoms with Crippen LogP contribution in [0, 0.1) is 11.8 Å². The van der Waals surface area contributed by atoms with Gasteiger partial charge < -0.3 is 20.3 Å². The highest BCUT2D eigenvalue weighted by Gasteiger charge is 2.38. The van der Waals surface area contributed by atoms with Crippen molar-refractivity contribution in [1.82, 2.24) is 9.97 Å². The minimum atomic E-state index is -0.565. The number of fused-ring (bicyclic) bond motifs is 1. The Bertz CT molecular complexity index is 1110. The van der Waals surface area contributed by atoms with E-state index in [1.807, 2.05) is 18.2 Å². The lowest BCUT2D eigenvalue weighted by Crippen LogP contribution is -2.25. The molecule has 0 amide bonds. The summed E-state index contributed by atoms with van der Waals surface area (Å²) in [5.74, 6) is 0.208. The summed E-state index contributed by atoms with van der Waals surface area (Å²) in [4.78, 5) is 22.6. The van der Waals surface area contributed by atoms with Crippen LogP contribution in [0.4, 0.5) is 5.82 Å². The number of allylic oxidation sites excluding steroid dienone is 1. The number of aliphatic hydroxyl groups is 2. The van der Waals surface area contributed by atoms with Gasteiger partial charge in [0, 0.05) is 41.0 Å². The fourth-order valence-electron chi connectivity index (χ4n) is 5.21. The summed E-state index contributed by atoms with van der Waals surface area (Å²) in [6, 6.07) is 5.89. The van der Waals surface area contributed by atoms with Crippen LogP contribution in [-0.2, 0) is 11.2 Å². The van der Waals surface area contributed by atoms with Crippen molar-refractivity contribution in [1.29, 1.82) is 0 Å². The standard InChI is InChI=1S/C25H28ClN3O4S/c1-13-18(24-19-7-16(26)3-2-14(19)4-5-33-24)9-22(34-13)23(32)20-10-27-12-28-25(20)29-17-6-15(11-30)21(31)8-17/h2-3,7,9-10,12-13,15,17-18,21,24,30-31H,4-6,8,11H2,1H3,(H,27,28,29)/t13?,15-,17-,18?,21+,24+/m1/s1. The highest BCUT2D eigenvalue weighted by molar-refractivity contribution is 8.04. The van der Waals surface area contributed by atoms with Gasteiger partial charge in [0.05, 0.1) is 29.3 Å². The van der Waals surface area contributed by atoms with Crippen LogP contribution in [-0.4, -0.2) is 56.6 Å². The molecule has 34 heavy (non-hydrogen) atoms. The maximum absolute atomic E-state index is 13.5. The molecule has 2 unspecified atom stereocenters. The van der Waals surface area contributed by atoms with Gasteiger partial charge in [0.25, 0.3) is 0 Å². The highest BCUT2D eigenvalue weighted by Crippen LogP contribution is 2.47. The van der Waals surface area contributed by atoms with E-state index in [1.165, 1.54) is 18.1 Å². The Kier molecular flexibility index (Phi) is 6.95. The number of carbonyl (C=O) groups is 1. The first kappa shape index (κ1) is 23.8. The normalized spacial score (nSPS) is 30.6. The number of ether oxygens (including phenoxy) is 1. The zero-order valence-electron chi connectivity index (χ0n) is 18.9. The van der Waals surface area contributed by atoms with E-state index in [9.17, 15) is 15.0 Å². The predicted octanol–water partition coefficient (Wildman–Crippen LogP) is 3.81. The molecule has 9 heteroatoms. The Morgan fingerprint density at radius 3 is 3.00 bits per heavy atom. The summed E-state index contributed by atoms with van der Waals surface area (Å²) in [7, 11) is 0. The van der Waals surface area contributed by atoms with Crippen LogP contribution in [0.15, 0.2) is 41.7 Å². The zero-order valence-corrected chi connectivity index (χ0v) is 20.4. The first-order valence-corrected chi connectivity index (χ1v) is 12.9. The Morgan fingerprint density at radius 1 is 1.35 bits per heavy atom. The number of carbonyl (C=O) groups excluding carboxylic acids is 1. The minimum absolute atomic E-state index is 0.0396. The zero-order chi connectivity index (χ0) is 23.8. The Balaban J connectivity index is 1.37. The first-order valence-electron chi connectivity index (χ1n) is 11.6. The second kappa shape index (κ2) is 9.95.